The van der Waals surface area contributed by atoms with Gasteiger partial charge in [0.15, 0.2) is 0 Å². The summed E-state index contributed by atoms with van der Waals surface area (Å²) >= 11 is 0. The molecule has 2 rings (SSSR count). The van der Waals surface area contributed by atoms with Crippen molar-refractivity contribution >= 4 is 43.7 Å². The van der Waals surface area contributed by atoms with E-state index in [0.29, 0.717) is 0 Å². The Balaban J connectivity index is 2.64. The van der Waals surface area contributed by atoms with Crippen LogP contribution in [0, 0.1) is 0 Å². The number of hydrogen-bond acceptors (Lipinski definition) is 9. The second kappa shape index (κ2) is 10.8. The number of ether oxygens (including phenoxy) is 1. The molecule has 0 fully saturated rings. The van der Waals surface area contributed by atoms with E-state index in [1.807, 2.05) is 0 Å². The van der Waals surface area contributed by atoms with Crippen LogP contribution in [0.1, 0.15) is 31.1 Å². The topological polar surface area (TPSA) is 166 Å². The number of hydrogen-bond donors (Lipinski definition) is 3. The van der Waals surface area contributed by atoms with E-state index in [1.165, 1.54) is 35.8 Å². The fourth-order valence-electron chi connectivity index (χ4n) is 3.06. The Kier molecular flexibility index (Phi) is 8.61. The van der Waals surface area contributed by atoms with Crippen molar-refractivity contribution in [2.24, 2.45) is 5.10 Å². The Bertz CT molecular complexity index is 1290. The normalized spacial score (nSPS) is 12.2. The Morgan fingerprint density at radius 2 is 1.71 bits per heavy atom. The summed E-state index contributed by atoms with van der Waals surface area (Å²) < 4.78 is 64.7. The Hall–Kier alpha value is -3.20. The molecule has 34 heavy (non-hydrogen) atoms. The smallest absolute Gasteiger partial charge is 0.338 e. The number of carbonyl (C=O) groups is 1. The summed E-state index contributed by atoms with van der Waals surface area (Å²) in [6.45, 7) is 5.51. The van der Waals surface area contributed by atoms with Crippen LogP contribution in [0.3, 0.4) is 0 Å². The number of rotatable bonds is 11. The summed E-state index contributed by atoms with van der Waals surface area (Å²) in [5, 5.41) is 14.7. The molecule has 0 unspecified atom stereocenters. The quantitative estimate of drug-likeness (QED) is 0.230. The number of aromatic carboxylic acids is 1. The molecule has 0 aliphatic rings. The van der Waals surface area contributed by atoms with Crippen LogP contribution >= 0.6 is 0 Å². The number of carboxylic acids is 1. The zero-order valence-electron chi connectivity index (χ0n) is 19.0. The van der Waals surface area contributed by atoms with E-state index in [0.717, 1.165) is 23.3 Å². The number of hydrazine groups is 1. The standard InChI is InChI=1S/C20H26N4O8S2/c1-5-21-24(18-10-8-15(34(29,30)31)12-16(18)20(25)26)22-17-13-14(9-11-19(17)32-4)33(27,28)23(6-2)7-3/h5,8-13,22H,6-7H2,1-4H3,(H,25,26)(H,29,30,31). The monoisotopic (exact) mass is 514 g/mol. The fourth-order valence-corrected chi connectivity index (χ4v) is 5.05. The van der Waals surface area contributed by atoms with Gasteiger partial charge < -0.3 is 9.84 Å². The third-order valence-electron chi connectivity index (χ3n) is 4.70. The molecule has 3 N–H and O–H groups in total. The van der Waals surface area contributed by atoms with Crippen molar-refractivity contribution in [2.45, 2.75) is 30.6 Å². The molecule has 186 valence electrons. The van der Waals surface area contributed by atoms with Gasteiger partial charge in [0.1, 0.15) is 5.75 Å². The zero-order valence-corrected chi connectivity index (χ0v) is 20.6. The van der Waals surface area contributed by atoms with Gasteiger partial charge in [0, 0.05) is 19.3 Å². The van der Waals surface area contributed by atoms with Gasteiger partial charge in [0.25, 0.3) is 10.1 Å². The van der Waals surface area contributed by atoms with Gasteiger partial charge in [-0.25, -0.2) is 13.2 Å². The fraction of sp³-hybridized carbons (Fsp3) is 0.300. The van der Waals surface area contributed by atoms with Crippen LogP contribution in [0.15, 0.2) is 51.3 Å². The summed E-state index contributed by atoms with van der Waals surface area (Å²) in [6.07, 6.45) is 1.33. The number of carboxylic acid groups (broad SMARTS) is 1. The van der Waals surface area contributed by atoms with E-state index < -0.39 is 36.6 Å². The molecule has 0 aliphatic heterocycles. The van der Waals surface area contributed by atoms with Gasteiger partial charge in [0.2, 0.25) is 10.0 Å². The molecular formula is C20H26N4O8S2. The van der Waals surface area contributed by atoms with Crippen LogP contribution in [0.25, 0.3) is 0 Å². The van der Waals surface area contributed by atoms with E-state index in [9.17, 15) is 31.3 Å². The summed E-state index contributed by atoms with van der Waals surface area (Å²) in [5.41, 5.74) is 2.39. The summed E-state index contributed by atoms with van der Waals surface area (Å²) in [7, 11) is -7.09. The van der Waals surface area contributed by atoms with Crippen LogP contribution in [0.5, 0.6) is 5.75 Å². The molecule has 0 aliphatic carbocycles. The number of methoxy groups -OCH3 is 1. The van der Waals surface area contributed by atoms with Gasteiger partial charge in [-0.05, 0) is 43.3 Å². The lowest BCUT2D eigenvalue weighted by Crippen LogP contribution is -2.31. The molecule has 0 saturated heterocycles. The van der Waals surface area contributed by atoms with Gasteiger partial charge >= 0.3 is 5.97 Å². The van der Waals surface area contributed by atoms with Crippen molar-refractivity contribution in [1.29, 1.82) is 0 Å². The van der Waals surface area contributed by atoms with Gasteiger partial charge in [-0.15, -0.1) is 0 Å². The van der Waals surface area contributed by atoms with Crippen molar-refractivity contribution in [1.82, 2.24) is 4.31 Å². The number of nitrogens with zero attached hydrogens (tertiary/aromatic N) is 3. The van der Waals surface area contributed by atoms with E-state index >= 15 is 0 Å². The van der Waals surface area contributed by atoms with Crippen LogP contribution < -0.4 is 15.3 Å². The lowest BCUT2D eigenvalue weighted by molar-refractivity contribution is 0.0697. The number of benzene rings is 2. The Morgan fingerprint density at radius 1 is 1.09 bits per heavy atom. The molecule has 0 spiro atoms. The average molecular weight is 515 g/mol. The first-order chi connectivity index (χ1) is 15.9. The average Bonchev–Trinajstić information content (AvgIpc) is 2.78. The Morgan fingerprint density at radius 3 is 2.21 bits per heavy atom. The molecule has 0 bridgehead atoms. The van der Waals surface area contributed by atoms with Crippen LogP contribution in [0.2, 0.25) is 0 Å². The van der Waals surface area contributed by atoms with Crippen molar-refractivity contribution in [2.75, 3.05) is 30.7 Å². The number of nitrogens with one attached hydrogen (secondary N) is 1. The lowest BCUT2D eigenvalue weighted by atomic mass is 10.2. The second-order valence-electron chi connectivity index (χ2n) is 6.71. The maximum Gasteiger partial charge on any atom is 0.338 e. The Labute approximate surface area is 198 Å². The molecule has 0 saturated carbocycles. The third kappa shape index (κ3) is 5.83. The molecule has 12 nitrogen and oxygen atoms in total. The van der Waals surface area contributed by atoms with Gasteiger partial charge in [-0.2, -0.15) is 22.9 Å². The highest BCUT2D eigenvalue weighted by Crippen LogP contribution is 2.32. The van der Waals surface area contributed by atoms with Crippen molar-refractivity contribution in [3.8, 4) is 5.75 Å². The van der Waals surface area contributed by atoms with Crippen LogP contribution in [-0.2, 0) is 20.1 Å². The van der Waals surface area contributed by atoms with Crippen molar-refractivity contribution in [3.05, 3.63) is 42.0 Å². The molecule has 2 aromatic rings. The third-order valence-corrected chi connectivity index (χ3v) is 7.59. The predicted molar refractivity (Wildman–Crippen MR) is 127 cm³/mol. The minimum Gasteiger partial charge on any atom is -0.495 e. The van der Waals surface area contributed by atoms with E-state index in [4.69, 9.17) is 4.74 Å². The first-order valence-corrected chi connectivity index (χ1v) is 12.9. The number of sulfonamides is 1. The van der Waals surface area contributed by atoms with E-state index in [-0.39, 0.29) is 35.1 Å². The van der Waals surface area contributed by atoms with Gasteiger partial charge in [-0.1, -0.05) is 13.8 Å². The predicted octanol–water partition coefficient (Wildman–Crippen LogP) is 2.51. The van der Waals surface area contributed by atoms with Crippen LogP contribution in [-0.4, -0.2) is 63.2 Å². The largest absolute Gasteiger partial charge is 0.495 e. The van der Waals surface area contributed by atoms with Crippen LogP contribution in [0.4, 0.5) is 11.4 Å². The maximum absolute atomic E-state index is 13.0. The van der Waals surface area contributed by atoms with Gasteiger partial charge in [0.05, 0.1) is 33.8 Å². The number of hydrazone groups is 1. The van der Waals surface area contributed by atoms with Crippen molar-refractivity contribution < 1.29 is 36.0 Å². The highest BCUT2D eigenvalue weighted by molar-refractivity contribution is 7.89. The molecule has 14 heteroatoms. The molecule has 2 aromatic carbocycles. The highest BCUT2D eigenvalue weighted by atomic mass is 32.2. The van der Waals surface area contributed by atoms with E-state index in [2.05, 4.69) is 10.5 Å². The molecule has 0 amide bonds. The summed E-state index contributed by atoms with van der Waals surface area (Å²) in [5.74, 6) is -1.25. The molecular weight excluding hydrogens is 488 g/mol. The van der Waals surface area contributed by atoms with E-state index in [1.54, 1.807) is 20.8 Å². The minimum atomic E-state index is -4.65. The molecule has 0 atom stereocenters. The zero-order chi connectivity index (χ0) is 25.7. The SMILES string of the molecule is CC=NN(Nc1cc(S(=O)(=O)N(CC)CC)ccc1OC)c1ccc(S(=O)(=O)O)cc1C(=O)O. The molecule has 0 heterocycles. The first-order valence-electron chi connectivity index (χ1n) is 9.99. The van der Waals surface area contributed by atoms with Gasteiger partial charge in [-0.3, -0.25) is 9.98 Å². The molecule has 0 aromatic heterocycles. The number of anilines is 2. The first kappa shape index (κ1) is 27.0. The lowest BCUT2D eigenvalue weighted by Gasteiger charge is -2.25. The maximum atomic E-state index is 13.0. The second-order valence-corrected chi connectivity index (χ2v) is 10.1. The summed E-state index contributed by atoms with van der Waals surface area (Å²) in [6, 6.07) is 7.06. The van der Waals surface area contributed by atoms with Crippen molar-refractivity contribution in [3.63, 3.8) is 0 Å². The molecule has 0 radical (unpaired) electrons. The summed E-state index contributed by atoms with van der Waals surface area (Å²) in [4.78, 5) is 11.2. The minimum absolute atomic E-state index is 0.0277. The highest BCUT2D eigenvalue weighted by Gasteiger charge is 2.25.